The van der Waals surface area contributed by atoms with E-state index in [1.807, 2.05) is 0 Å². The van der Waals surface area contributed by atoms with E-state index in [-0.39, 0.29) is 58.6 Å². The lowest BCUT2D eigenvalue weighted by atomic mass is 9.77. The fraction of sp³-hybridized carbons (Fsp3) is 0.146. The van der Waals surface area contributed by atoms with Gasteiger partial charge in [0.2, 0.25) is 11.6 Å². The highest BCUT2D eigenvalue weighted by molar-refractivity contribution is 6.14. The van der Waals surface area contributed by atoms with Gasteiger partial charge in [-0.25, -0.2) is 31.9 Å². The molecule has 2 N–H and O–H groups in total. The number of carbonyl (C=O) groups is 5. The van der Waals surface area contributed by atoms with Crippen LogP contribution in [0.5, 0.6) is 34.5 Å². The summed E-state index contributed by atoms with van der Waals surface area (Å²) in [5, 5.41) is 17.0. The number of ether oxygens (including phenoxy) is 7. The van der Waals surface area contributed by atoms with Crippen molar-refractivity contribution in [1.29, 1.82) is 0 Å². The molecule has 1 spiro atoms. The van der Waals surface area contributed by atoms with Crippen LogP contribution in [0.1, 0.15) is 60.8 Å². The van der Waals surface area contributed by atoms with Crippen molar-refractivity contribution in [2.24, 2.45) is 0 Å². The van der Waals surface area contributed by atoms with Gasteiger partial charge in [-0.1, -0.05) is 25.6 Å². The zero-order chi connectivity index (χ0) is 44.1. The van der Waals surface area contributed by atoms with Gasteiger partial charge in [-0.15, -0.1) is 0 Å². The van der Waals surface area contributed by atoms with E-state index >= 15 is 8.78 Å². The number of esters is 3. The molecule has 5 aromatic rings. The summed E-state index contributed by atoms with van der Waals surface area (Å²) in [5.74, 6) is -12.8. The minimum atomic E-state index is -2.03. The van der Waals surface area contributed by atoms with E-state index in [1.165, 1.54) is 51.5 Å². The standard InChI is InChI=1S/C23H14F4O5.C9H4O5.C6H4F2O2.C2H4O2.CH4/c1-10-15(24)7-13-19(17(10)26)31-20-14(8-16(25)21(18(20)27)30-9-29-2)23(13)12-6-4-3-5-11(12)22(28)32-23;10-4-13-5-1-2-6-7(3-5)9(12)14-8(6)11;7-3-1-2-4(9)5(8)6(3)10;1-4-2-3;/h3-8H,9H2,1-2H3;1-4H;1-2,9-10H;2H,1H3;1H4. The molecule has 1 unspecified atom stereocenters. The number of fused-ring (bicyclic) bond motifs is 7. The second-order valence-electron chi connectivity index (χ2n) is 12.0. The number of hydrogen-bond donors (Lipinski definition) is 2. The molecule has 0 aliphatic carbocycles. The van der Waals surface area contributed by atoms with Crippen molar-refractivity contribution in [1.82, 2.24) is 0 Å². The second-order valence-corrected chi connectivity index (χ2v) is 12.0. The van der Waals surface area contributed by atoms with Crippen molar-refractivity contribution in [3.8, 4) is 34.5 Å². The summed E-state index contributed by atoms with van der Waals surface area (Å²) in [6.07, 6.45) is 0. The lowest BCUT2D eigenvalue weighted by Gasteiger charge is -2.37. The first-order valence-electron chi connectivity index (χ1n) is 16.5. The minimum Gasteiger partial charge on any atom is -0.505 e. The van der Waals surface area contributed by atoms with Crippen LogP contribution in [0.25, 0.3) is 0 Å². The molecular formula is C41H30F6O14. The van der Waals surface area contributed by atoms with Gasteiger partial charge in [0.15, 0.2) is 58.6 Å². The highest BCUT2D eigenvalue weighted by atomic mass is 19.2. The molecule has 0 fully saturated rings. The molecule has 5 aromatic carbocycles. The number of halogens is 6. The first-order chi connectivity index (χ1) is 28.6. The molecule has 3 aliphatic rings. The van der Waals surface area contributed by atoms with Crippen molar-refractivity contribution < 1.29 is 93.7 Å². The zero-order valence-corrected chi connectivity index (χ0v) is 30.8. The third-order valence-corrected chi connectivity index (χ3v) is 8.53. The number of phenols is 2. The minimum absolute atomic E-state index is 0. The normalized spacial score (nSPS) is 14.5. The molecule has 320 valence electrons. The topological polar surface area (TPSA) is 190 Å². The van der Waals surface area contributed by atoms with Crippen LogP contribution >= 0.6 is 0 Å². The Morgan fingerprint density at radius 3 is 1.92 bits per heavy atom. The van der Waals surface area contributed by atoms with E-state index in [9.17, 15) is 36.7 Å². The third-order valence-electron chi connectivity index (χ3n) is 8.53. The Hall–Kier alpha value is -7.61. The Morgan fingerprint density at radius 1 is 0.672 bits per heavy atom. The average Bonchev–Trinajstić information content (AvgIpc) is 3.70. The molecule has 20 heteroatoms. The number of hydrogen-bond acceptors (Lipinski definition) is 14. The Labute approximate surface area is 340 Å². The summed E-state index contributed by atoms with van der Waals surface area (Å²) < 4.78 is 118. The summed E-state index contributed by atoms with van der Waals surface area (Å²) in [6, 6.07) is 13.5. The second kappa shape index (κ2) is 19.0. The van der Waals surface area contributed by atoms with Gasteiger partial charge >= 0.3 is 17.9 Å². The smallest absolute Gasteiger partial charge is 0.347 e. The molecular weight excluding hydrogens is 830 g/mol. The number of cyclic esters (lactones) is 2. The van der Waals surface area contributed by atoms with Crippen LogP contribution < -0.4 is 14.2 Å². The molecule has 0 aromatic heterocycles. The van der Waals surface area contributed by atoms with Gasteiger partial charge < -0.3 is 43.4 Å². The van der Waals surface area contributed by atoms with Gasteiger partial charge in [-0.05, 0) is 55.5 Å². The lowest BCUT2D eigenvalue weighted by molar-refractivity contribution is -0.126. The molecule has 3 aliphatic heterocycles. The van der Waals surface area contributed by atoms with Gasteiger partial charge in [-0.3, -0.25) is 9.59 Å². The van der Waals surface area contributed by atoms with E-state index < -0.39 is 94.0 Å². The first-order valence-corrected chi connectivity index (χ1v) is 16.5. The Kier molecular flexibility index (Phi) is 14.3. The maximum absolute atomic E-state index is 15.4. The summed E-state index contributed by atoms with van der Waals surface area (Å²) in [6.45, 7) is 1.33. The van der Waals surface area contributed by atoms with Crippen LogP contribution in [0.2, 0.25) is 0 Å². The highest BCUT2D eigenvalue weighted by Crippen LogP contribution is 2.58. The molecule has 0 saturated carbocycles. The summed E-state index contributed by atoms with van der Waals surface area (Å²) in [4.78, 5) is 53.7. The highest BCUT2D eigenvalue weighted by Gasteiger charge is 2.56. The van der Waals surface area contributed by atoms with Crippen molar-refractivity contribution in [2.45, 2.75) is 20.0 Å². The summed E-state index contributed by atoms with van der Waals surface area (Å²) in [5.41, 5.74) is -2.34. The van der Waals surface area contributed by atoms with Crippen LogP contribution in [0.3, 0.4) is 0 Å². The van der Waals surface area contributed by atoms with Gasteiger partial charge in [0, 0.05) is 18.2 Å². The van der Waals surface area contributed by atoms with Gasteiger partial charge in [0.1, 0.15) is 11.6 Å². The van der Waals surface area contributed by atoms with E-state index in [4.69, 9.17) is 34.0 Å². The maximum atomic E-state index is 15.4. The van der Waals surface area contributed by atoms with Crippen LogP contribution in [0, 0.1) is 41.8 Å². The molecule has 14 nitrogen and oxygen atoms in total. The fourth-order valence-corrected chi connectivity index (χ4v) is 5.84. The Morgan fingerprint density at radius 2 is 1.30 bits per heavy atom. The zero-order valence-electron chi connectivity index (χ0n) is 30.8. The van der Waals surface area contributed by atoms with E-state index in [0.717, 1.165) is 24.3 Å². The maximum Gasteiger partial charge on any atom is 0.347 e. The monoisotopic (exact) mass is 860 g/mol. The largest absolute Gasteiger partial charge is 0.505 e. The quantitative estimate of drug-likeness (QED) is 0.0428. The van der Waals surface area contributed by atoms with Gasteiger partial charge in [-0.2, -0.15) is 8.78 Å². The number of rotatable bonds is 6. The molecule has 0 saturated heterocycles. The van der Waals surface area contributed by atoms with Crippen molar-refractivity contribution in [3.05, 3.63) is 141 Å². The number of aromatic hydroxyl groups is 2. The Bertz CT molecular complexity index is 2520. The van der Waals surface area contributed by atoms with Crippen molar-refractivity contribution in [2.75, 3.05) is 21.0 Å². The molecule has 8 rings (SSSR count). The number of methoxy groups -OCH3 is 2. The van der Waals surface area contributed by atoms with E-state index in [2.05, 4.69) is 14.2 Å². The SMILES string of the molecule is C.COC=O.COCOc1c(F)cc2c(c1F)Oc1c(cc(F)c(C)c1F)C21OC(=O)c2ccccc21.O=COc1ccc2c(c1)C(=O)OC2=O.Oc1ccc(F)c(O)c1F. The molecule has 0 radical (unpaired) electrons. The molecule has 0 amide bonds. The first kappa shape index (κ1) is 46.1. The van der Waals surface area contributed by atoms with Crippen molar-refractivity contribution >= 4 is 30.9 Å². The number of carbonyl (C=O) groups excluding carboxylic acids is 5. The van der Waals surface area contributed by atoms with Crippen molar-refractivity contribution in [3.63, 3.8) is 0 Å². The molecule has 0 bridgehead atoms. The van der Waals surface area contributed by atoms with Gasteiger partial charge in [0.05, 0.1) is 34.9 Å². The molecule has 1 atom stereocenters. The third kappa shape index (κ3) is 8.60. The predicted octanol–water partition coefficient (Wildman–Crippen LogP) is 7.44. The molecule has 61 heavy (non-hydrogen) atoms. The van der Waals surface area contributed by atoms with Crippen LogP contribution in [0.15, 0.2) is 66.7 Å². The molecule has 3 heterocycles. The lowest BCUT2D eigenvalue weighted by Crippen LogP contribution is -2.34. The van der Waals surface area contributed by atoms with E-state index in [0.29, 0.717) is 6.47 Å². The number of phenolic OH excluding ortho intramolecular Hbond substituents is 2. The van der Waals surface area contributed by atoms with Crippen LogP contribution in [0.4, 0.5) is 26.3 Å². The van der Waals surface area contributed by atoms with Gasteiger partial charge in [0.25, 0.3) is 12.9 Å². The fourth-order valence-electron chi connectivity index (χ4n) is 5.84. The van der Waals surface area contributed by atoms with Crippen LogP contribution in [-0.4, -0.2) is 62.1 Å². The summed E-state index contributed by atoms with van der Waals surface area (Å²) in [7, 11) is 2.57. The number of benzene rings is 5. The Balaban J connectivity index is 0.000000232. The summed E-state index contributed by atoms with van der Waals surface area (Å²) >= 11 is 0. The van der Waals surface area contributed by atoms with Crippen LogP contribution in [-0.2, 0) is 34.1 Å². The average molecular weight is 861 g/mol. The van der Waals surface area contributed by atoms with E-state index in [1.54, 1.807) is 12.1 Å². The predicted molar refractivity (Wildman–Crippen MR) is 194 cm³/mol.